The Bertz CT molecular complexity index is 885. The van der Waals surface area contributed by atoms with Gasteiger partial charge in [-0.25, -0.2) is 4.39 Å². The number of halogens is 1. The van der Waals surface area contributed by atoms with Crippen molar-refractivity contribution in [1.82, 2.24) is 0 Å². The van der Waals surface area contributed by atoms with Gasteiger partial charge < -0.3 is 20.3 Å². The number of hydrogen-bond acceptors (Lipinski definition) is 4. The molecular weight excluding hydrogens is 361 g/mol. The number of anilines is 3. The van der Waals surface area contributed by atoms with Gasteiger partial charge in [-0.15, -0.1) is 0 Å². The number of nitrogens with zero attached hydrogens (tertiary/aromatic N) is 1. The van der Waals surface area contributed by atoms with Crippen molar-refractivity contribution in [3.05, 3.63) is 48.3 Å². The maximum Gasteiger partial charge on any atom is 0.246 e. The van der Waals surface area contributed by atoms with Crippen LogP contribution < -0.4 is 20.3 Å². The van der Waals surface area contributed by atoms with Crippen molar-refractivity contribution in [2.45, 2.75) is 39.3 Å². The highest BCUT2D eigenvalue weighted by molar-refractivity contribution is 6.05. The van der Waals surface area contributed by atoms with Crippen LogP contribution in [-0.2, 0) is 9.59 Å². The van der Waals surface area contributed by atoms with Crippen LogP contribution in [0.4, 0.5) is 21.5 Å². The van der Waals surface area contributed by atoms with E-state index in [0.29, 0.717) is 17.1 Å². The third kappa shape index (κ3) is 4.42. The van der Waals surface area contributed by atoms with E-state index in [1.165, 1.54) is 6.07 Å². The van der Waals surface area contributed by atoms with Crippen molar-refractivity contribution in [3.63, 3.8) is 0 Å². The highest BCUT2D eigenvalue weighted by Crippen LogP contribution is 2.31. The number of amides is 2. The zero-order valence-electron chi connectivity index (χ0n) is 16.2. The Morgan fingerprint density at radius 2 is 2.07 bits per heavy atom. The van der Waals surface area contributed by atoms with Gasteiger partial charge in [0.1, 0.15) is 11.6 Å². The Morgan fingerprint density at radius 3 is 2.79 bits per heavy atom. The minimum atomic E-state index is -0.493. The number of carbonyl (C=O) groups is 2. The number of benzene rings is 2. The molecule has 1 unspecified atom stereocenters. The van der Waals surface area contributed by atoms with E-state index in [-0.39, 0.29) is 42.6 Å². The summed E-state index contributed by atoms with van der Waals surface area (Å²) < 4.78 is 19.8. The van der Waals surface area contributed by atoms with Crippen molar-refractivity contribution >= 4 is 28.9 Å². The van der Waals surface area contributed by atoms with Crippen molar-refractivity contribution in [2.75, 3.05) is 22.1 Å². The molecule has 1 aliphatic rings. The lowest BCUT2D eigenvalue weighted by Gasteiger charge is -2.28. The van der Waals surface area contributed by atoms with Gasteiger partial charge in [0.05, 0.1) is 29.7 Å². The molecule has 0 saturated heterocycles. The molecule has 3 rings (SSSR count). The minimum absolute atomic E-state index is 0.0549. The minimum Gasteiger partial charge on any atom is -0.491 e. The number of para-hydroxylation sites is 2. The summed E-state index contributed by atoms with van der Waals surface area (Å²) in [5, 5.41) is 5.66. The van der Waals surface area contributed by atoms with Gasteiger partial charge >= 0.3 is 0 Å². The molecule has 0 bridgehead atoms. The average Bonchev–Trinajstić information content (AvgIpc) is 2.74. The molecule has 1 atom stereocenters. The first-order chi connectivity index (χ1) is 13.3. The molecule has 0 radical (unpaired) electrons. The van der Waals surface area contributed by atoms with E-state index in [4.69, 9.17) is 4.74 Å². The van der Waals surface area contributed by atoms with Crippen LogP contribution in [0.1, 0.15) is 27.2 Å². The topological polar surface area (TPSA) is 70.7 Å². The zero-order chi connectivity index (χ0) is 20.3. The molecule has 6 nitrogen and oxygen atoms in total. The summed E-state index contributed by atoms with van der Waals surface area (Å²) in [6.45, 7) is 5.44. The predicted octanol–water partition coefficient (Wildman–Crippen LogP) is 3.79. The largest absolute Gasteiger partial charge is 0.491 e. The van der Waals surface area contributed by atoms with Crippen molar-refractivity contribution in [1.29, 1.82) is 0 Å². The number of nitrogens with one attached hydrogen (secondary N) is 2. The summed E-state index contributed by atoms with van der Waals surface area (Å²) in [4.78, 5) is 26.5. The summed E-state index contributed by atoms with van der Waals surface area (Å²) in [6, 6.07) is 11.3. The van der Waals surface area contributed by atoms with Crippen LogP contribution in [0.25, 0.3) is 0 Å². The van der Waals surface area contributed by atoms with Crippen molar-refractivity contribution in [2.24, 2.45) is 0 Å². The van der Waals surface area contributed by atoms with Gasteiger partial charge in [-0.1, -0.05) is 12.1 Å². The average molecular weight is 385 g/mol. The van der Waals surface area contributed by atoms with E-state index in [2.05, 4.69) is 10.6 Å². The van der Waals surface area contributed by atoms with E-state index >= 15 is 0 Å². The molecule has 148 valence electrons. The normalized spacial score (nSPS) is 16.2. The second-order valence-corrected chi connectivity index (χ2v) is 7.04. The third-order valence-corrected chi connectivity index (χ3v) is 4.37. The number of hydrogen-bond donors (Lipinski definition) is 2. The lowest BCUT2D eigenvalue weighted by molar-refractivity contribution is -0.118. The molecule has 28 heavy (non-hydrogen) atoms. The first kappa shape index (κ1) is 19.7. The third-order valence-electron chi connectivity index (χ3n) is 4.37. The fourth-order valence-corrected chi connectivity index (χ4v) is 3.21. The Labute approximate surface area is 163 Å². The van der Waals surface area contributed by atoms with Gasteiger partial charge in [0.2, 0.25) is 11.8 Å². The molecule has 1 aliphatic heterocycles. The molecule has 0 aromatic heterocycles. The lowest BCUT2D eigenvalue weighted by Crippen LogP contribution is -2.42. The van der Waals surface area contributed by atoms with Crippen LogP contribution in [0.15, 0.2) is 42.5 Å². The second-order valence-electron chi connectivity index (χ2n) is 7.04. The van der Waals surface area contributed by atoms with Crippen LogP contribution in [0.3, 0.4) is 0 Å². The first-order valence-electron chi connectivity index (χ1n) is 9.26. The van der Waals surface area contributed by atoms with Gasteiger partial charge in [0.15, 0.2) is 0 Å². The molecule has 0 aliphatic carbocycles. The SMILES string of the molecule is CC(C)Oc1ccc(NCC(=O)N2c3ccccc3NC(=O)CC2C)c(F)c1. The second kappa shape index (κ2) is 8.29. The van der Waals surface area contributed by atoms with E-state index in [0.717, 1.165) is 0 Å². The fourth-order valence-electron chi connectivity index (χ4n) is 3.21. The summed E-state index contributed by atoms with van der Waals surface area (Å²) in [7, 11) is 0. The summed E-state index contributed by atoms with van der Waals surface area (Å²) in [5.41, 5.74) is 1.44. The molecular formula is C21H24FN3O3. The maximum absolute atomic E-state index is 14.3. The molecule has 2 aromatic rings. The number of ether oxygens (including phenoxy) is 1. The Kier molecular flexibility index (Phi) is 5.82. The van der Waals surface area contributed by atoms with Crippen LogP contribution in [0, 0.1) is 5.82 Å². The van der Waals surface area contributed by atoms with Gasteiger partial charge in [-0.2, -0.15) is 0 Å². The van der Waals surface area contributed by atoms with E-state index in [1.807, 2.05) is 26.8 Å². The van der Waals surface area contributed by atoms with Gasteiger partial charge in [0, 0.05) is 18.5 Å². The smallest absolute Gasteiger partial charge is 0.246 e. The van der Waals surface area contributed by atoms with E-state index in [1.54, 1.807) is 35.2 Å². The Morgan fingerprint density at radius 1 is 1.32 bits per heavy atom. The zero-order valence-corrected chi connectivity index (χ0v) is 16.2. The summed E-state index contributed by atoms with van der Waals surface area (Å²) in [6.07, 6.45) is 0.136. The van der Waals surface area contributed by atoms with E-state index < -0.39 is 5.82 Å². The number of rotatable bonds is 5. The predicted molar refractivity (Wildman–Crippen MR) is 107 cm³/mol. The van der Waals surface area contributed by atoms with Gasteiger partial charge in [-0.3, -0.25) is 9.59 Å². The lowest BCUT2D eigenvalue weighted by atomic mass is 10.1. The molecule has 2 amide bonds. The molecule has 0 spiro atoms. The number of fused-ring (bicyclic) bond motifs is 1. The highest BCUT2D eigenvalue weighted by atomic mass is 19.1. The van der Waals surface area contributed by atoms with Crippen molar-refractivity contribution < 1.29 is 18.7 Å². The van der Waals surface area contributed by atoms with Gasteiger partial charge in [0.25, 0.3) is 0 Å². The van der Waals surface area contributed by atoms with Crippen LogP contribution in [0.5, 0.6) is 5.75 Å². The van der Waals surface area contributed by atoms with Crippen molar-refractivity contribution in [3.8, 4) is 5.75 Å². The maximum atomic E-state index is 14.3. The van der Waals surface area contributed by atoms with E-state index in [9.17, 15) is 14.0 Å². The first-order valence-corrected chi connectivity index (χ1v) is 9.26. The monoisotopic (exact) mass is 385 g/mol. The molecule has 2 N–H and O–H groups in total. The molecule has 0 saturated carbocycles. The van der Waals surface area contributed by atoms with Gasteiger partial charge in [-0.05, 0) is 45.0 Å². The van der Waals surface area contributed by atoms with Crippen LogP contribution in [-0.4, -0.2) is 30.5 Å². The quantitative estimate of drug-likeness (QED) is 0.822. The molecule has 2 aromatic carbocycles. The fraction of sp³-hybridized carbons (Fsp3) is 0.333. The Hall–Kier alpha value is -3.09. The molecule has 1 heterocycles. The number of carbonyl (C=O) groups excluding carboxylic acids is 2. The van der Waals surface area contributed by atoms with Crippen LogP contribution in [0.2, 0.25) is 0 Å². The summed E-state index contributed by atoms with van der Waals surface area (Å²) >= 11 is 0. The molecule has 0 fully saturated rings. The Balaban J connectivity index is 1.75. The molecule has 7 heteroatoms. The highest BCUT2D eigenvalue weighted by Gasteiger charge is 2.29. The summed E-state index contributed by atoms with van der Waals surface area (Å²) in [5.74, 6) is -0.454. The standard InChI is InChI=1S/C21H24FN3O3/c1-13(2)28-15-8-9-17(16(22)11-15)23-12-21(27)25-14(3)10-20(26)24-18-6-4-5-7-19(18)25/h4-9,11,13-14,23H,10,12H2,1-3H3,(H,24,26). The van der Waals surface area contributed by atoms with Crippen LogP contribution >= 0.6 is 0 Å².